The van der Waals surface area contributed by atoms with Crippen LogP contribution in [0.5, 0.6) is 0 Å². The number of aryl methyl sites for hydroxylation is 1. The van der Waals surface area contributed by atoms with E-state index in [0.717, 1.165) is 17.5 Å². The van der Waals surface area contributed by atoms with E-state index in [1.807, 2.05) is 12.1 Å². The summed E-state index contributed by atoms with van der Waals surface area (Å²) in [6, 6.07) is 17.2. The van der Waals surface area contributed by atoms with Crippen molar-refractivity contribution in [2.75, 3.05) is 0 Å². The van der Waals surface area contributed by atoms with Gasteiger partial charge in [0.1, 0.15) is 0 Å². The average Bonchev–Trinajstić information content (AvgIpc) is 2.74. The molecular formula is C26H33NS. The first-order valence-corrected chi connectivity index (χ1v) is 11.5. The molecule has 1 fully saturated rings. The van der Waals surface area contributed by atoms with Crippen LogP contribution < -0.4 is 0 Å². The van der Waals surface area contributed by atoms with E-state index in [2.05, 4.69) is 53.5 Å². The van der Waals surface area contributed by atoms with Crippen LogP contribution in [0.2, 0.25) is 0 Å². The lowest BCUT2D eigenvalue weighted by Gasteiger charge is -2.28. The Balaban J connectivity index is 1.55. The zero-order valence-corrected chi connectivity index (χ0v) is 18.0. The summed E-state index contributed by atoms with van der Waals surface area (Å²) in [5, 5.41) is 2.44. The molecule has 1 aliphatic carbocycles. The van der Waals surface area contributed by atoms with E-state index in [-0.39, 0.29) is 0 Å². The highest BCUT2D eigenvalue weighted by Gasteiger charge is 2.21. The minimum Gasteiger partial charge on any atom is -0.195 e. The summed E-state index contributed by atoms with van der Waals surface area (Å²) in [5.41, 5.74) is 4.96. The molecule has 0 radical (unpaired) electrons. The van der Waals surface area contributed by atoms with Crippen LogP contribution in [0.25, 0.3) is 11.1 Å². The molecule has 0 N–H and O–H groups in total. The largest absolute Gasteiger partial charge is 0.195 e. The molecule has 1 nitrogen and oxygen atoms in total. The first-order valence-electron chi connectivity index (χ1n) is 11.1. The van der Waals surface area contributed by atoms with Crippen molar-refractivity contribution in [3.05, 3.63) is 54.1 Å². The maximum absolute atomic E-state index is 4.69. The van der Waals surface area contributed by atoms with Gasteiger partial charge in [-0.15, -0.1) is 0 Å². The fourth-order valence-corrected chi connectivity index (χ4v) is 4.75. The summed E-state index contributed by atoms with van der Waals surface area (Å²) in [6.07, 6.45) is 13.9. The van der Waals surface area contributed by atoms with Crippen LogP contribution in [0.4, 0.5) is 5.69 Å². The molecule has 2 heteroatoms. The second-order valence-corrected chi connectivity index (χ2v) is 8.51. The van der Waals surface area contributed by atoms with Gasteiger partial charge < -0.3 is 0 Å². The van der Waals surface area contributed by atoms with Crippen molar-refractivity contribution in [2.45, 2.75) is 71.1 Å². The summed E-state index contributed by atoms with van der Waals surface area (Å²) in [5.74, 6) is 1.92. The third kappa shape index (κ3) is 6.12. The molecular weight excluding hydrogens is 358 g/mol. The van der Waals surface area contributed by atoms with Gasteiger partial charge >= 0.3 is 0 Å². The smallest absolute Gasteiger partial charge is 0.0739 e. The van der Waals surface area contributed by atoms with E-state index in [1.54, 1.807) is 0 Å². The number of hydrogen-bond donors (Lipinski definition) is 0. The summed E-state index contributed by atoms with van der Waals surface area (Å²) in [7, 11) is 0. The third-order valence-electron chi connectivity index (χ3n) is 6.37. The van der Waals surface area contributed by atoms with Crippen LogP contribution in [0.15, 0.2) is 53.5 Å². The fraction of sp³-hybridized carbons (Fsp3) is 0.500. The Morgan fingerprint density at radius 2 is 1.57 bits per heavy atom. The van der Waals surface area contributed by atoms with Crippen molar-refractivity contribution in [3.8, 4) is 11.1 Å². The third-order valence-corrected chi connectivity index (χ3v) is 6.47. The number of nitrogens with zero attached hydrogens (tertiary/aromatic N) is 1. The Labute approximate surface area is 176 Å². The minimum absolute atomic E-state index is 0.868. The van der Waals surface area contributed by atoms with Gasteiger partial charge in [-0.1, -0.05) is 94.7 Å². The van der Waals surface area contributed by atoms with Crippen LogP contribution in [0.1, 0.15) is 70.3 Å². The quantitative estimate of drug-likeness (QED) is 0.237. The predicted molar refractivity (Wildman–Crippen MR) is 124 cm³/mol. The second-order valence-electron chi connectivity index (χ2n) is 8.33. The van der Waals surface area contributed by atoms with Gasteiger partial charge in [0, 0.05) is 0 Å². The normalized spacial score (nSPS) is 19.2. The van der Waals surface area contributed by atoms with Gasteiger partial charge in [0.15, 0.2) is 0 Å². The molecule has 0 amide bonds. The molecule has 2 aromatic rings. The van der Waals surface area contributed by atoms with Crippen molar-refractivity contribution in [2.24, 2.45) is 16.8 Å². The molecule has 0 saturated heterocycles. The molecule has 28 heavy (non-hydrogen) atoms. The maximum atomic E-state index is 4.69. The van der Waals surface area contributed by atoms with E-state index < -0.39 is 0 Å². The molecule has 0 aromatic heterocycles. The highest BCUT2D eigenvalue weighted by atomic mass is 32.1. The Kier molecular flexibility index (Phi) is 8.45. The van der Waals surface area contributed by atoms with E-state index in [9.17, 15) is 0 Å². The van der Waals surface area contributed by atoms with E-state index >= 15 is 0 Å². The highest BCUT2D eigenvalue weighted by Crippen LogP contribution is 2.35. The lowest BCUT2D eigenvalue weighted by Crippen LogP contribution is -2.15. The second kappa shape index (κ2) is 11.3. The average molecular weight is 392 g/mol. The van der Waals surface area contributed by atoms with Gasteiger partial charge in [-0.05, 0) is 65.7 Å². The fourth-order valence-electron chi connectivity index (χ4n) is 4.64. The molecule has 0 heterocycles. The number of benzene rings is 2. The standard InChI is InChI=1S/C26H33NS/c1-2-3-4-7-21-10-12-22(13-11-21)14-15-23-8-5-6-9-26(23)24-16-18-25(19-17-24)27-20-28/h5-6,8-9,16-19,21-22H,2-4,7,10-15H2,1H3/t21-,22-. The van der Waals surface area contributed by atoms with Crippen molar-refractivity contribution in [1.82, 2.24) is 0 Å². The Bertz CT molecular complexity index is 765. The van der Waals surface area contributed by atoms with E-state index in [1.165, 1.54) is 80.9 Å². The van der Waals surface area contributed by atoms with Crippen molar-refractivity contribution in [3.63, 3.8) is 0 Å². The zero-order chi connectivity index (χ0) is 19.6. The molecule has 1 aliphatic rings. The molecule has 0 aliphatic heterocycles. The van der Waals surface area contributed by atoms with Crippen LogP contribution in [0, 0.1) is 11.8 Å². The minimum atomic E-state index is 0.868. The van der Waals surface area contributed by atoms with Crippen LogP contribution in [-0.4, -0.2) is 5.16 Å². The Morgan fingerprint density at radius 1 is 0.893 bits per heavy atom. The topological polar surface area (TPSA) is 12.4 Å². The first kappa shape index (κ1) is 21.0. The van der Waals surface area contributed by atoms with Crippen molar-refractivity contribution in [1.29, 1.82) is 0 Å². The van der Waals surface area contributed by atoms with E-state index in [0.29, 0.717) is 0 Å². The number of hydrogen-bond acceptors (Lipinski definition) is 2. The molecule has 0 atom stereocenters. The van der Waals surface area contributed by atoms with Crippen molar-refractivity contribution >= 4 is 23.1 Å². The first-order chi connectivity index (χ1) is 13.8. The molecule has 2 aromatic carbocycles. The maximum Gasteiger partial charge on any atom is 0.0739 e. The lowest BCUT2D eigenvalue weighted by atomic mass is 9.77. The molecule has 0 bridgehead atoms. The number of thiocarbonyl (C=S) groups is 1. The highest BCUT2D eigenvalue weighted by molar-refractivity contribution is 7.78. The molecule has 0 spiro atoms. The molecule has 3 rings (SSSR count). The Morgan fingerprint density at radius 3 is 2.25 bits per heavy atom. The molecule has 1 saturated carbocycles. The number of isothiocyanates is 1. The lowest BCUT2D eigenvalue weighted by molar-refractivity contribution is 0.249. The van der Waals surface area contributed by atoms with Gasteiger partial charge in [-0.25, -0.2) is 0 Å². The van der Waals surface area contributed by atoms with Gasteiger partial charge in [-0.3, -0.25) is 0 Å². The summed E-state index contributed by atoms with van der Waals surface area (Å²) in [4.78, 5) is 4.06. The zero-order valence-electron chi connectivity index (χ0n) is 17.2. The van der Waals surface area contributed by atoms with Crippen LogP contribution >= 0.6 is 12.2 Å². The molecule has 148 valence electrons. The number of rotatable bonds is 9. The van der Waals surface area contributed by atoms with Gasteiger partial charge in [0.2, 0.25) is 0 Å². The van der Waals surface area contributed by atoms with Gasteiger partial charge in [0.05, 0.1) is 10.8 Å². The predicted octanol–water partition coefficient (Wildman–Crippen LogP) is 8.41. The number of unbranched alkanes of at least 4 members (excludes halogenated alkanes) is 2. The summed E-state index contributed by atoms with van der Waals surface area (Å²) in [6.45, 7) is 2.30. The molecule has 0 unspecified atom stereocenters. The summed E-state index contributed by atoms with van der Waals surface area (Å²) >= 11 is 4.69. The van der Waals surface area contributed by atoms with Gasteiger partial charge in [0.25, 0.3) is 0 Å². The van der Waals surface area contributed by atoms with Crippen molar-refractivity contribution < 1.29 is 0 Å². The monoisotopic (exact) mass is 391 g/mol. The van der Waals surface area contributed by atoms with Crippen LogP contribution in [-0.2, 0) is 6.42 Å². The van der Waals surface area contributed by atoms with Gasteiger partial charge in [-0.2, -0.15) is 4.99 Å². The van der Waals surface area contributed by atoms with Crippen LogP contribution in [0.3, 0.4) is 0 Å². The van der Waals surface area contributed by atoms with E-state index in [4.69, 9.17) is 12.2 Å². The SMILES string of the molecule is CCCCC[C@H]1CC[C@H](CCc2ccccc2-c2ccc(N=C=S)cc2)CC1. The summed E-state index contributed by atoms with van der Waals surface area (Å²) < 4.78 is 0. The Hall–Kier alpha value is -1.76. The number of aliphatic imine (C=N–C) groups is 1.